The van der Waals surface area contributed by atoms with Crippen LogP contribution in [0.15, 0.2) is 59.6 Å². The maximum absolute atomic E-state index is 11.5. The van der Waals surface area contributed by atoms with E-state index in [1.165, 1.54) is 0 Å². The molecule has 0 atom stereocenters. The zero-order chi connectivity index (χ0) is 12.0. The third-order valence-corrected chi connectivity index (χ3v) is 2.57. The standard InChI is InChI=1S/C14H13BrO/c1-3-4-5-6-14(11(2)16)12-7-9-13(15)10-8-12/h3-10H,1H2,2H3. The Hall–Kier alpha value is -1.41. The Kier molecular flexibility index (Phi) is 4.93. The van der Waals surface area contributed by atoms with Crippen LogP contribution in [0.1, 0.15) is 12.5 Å². The molecular weight excluding hydrogens is 264 g/mol. The summed E-state index contributed by atoms with van der Waals surface area (Å²) in [7, 11) is 0. The molecule has 2 heteroatoms. The van der Waals surface area contributed by atoms with Crippen molar-refractivity contribution >= 4 is 27.3 Å². The molecule has 0 aliphatic heterocycles. The van der Waals surface area contributed by atoms with Gasteiger partial charge in [-0.05, 0) is 24.6 Å². The molecule has 0 aliphatic carbocycles. The third-order valence-electron chi connectivity index (χ3n) is 2.04. The molecule has 0 heterocycles. The van der Waals surface area contributed by atoms with E-state index in [-0.39, 0.29) is 5.78 Å². The highest BCUT2D eigenvalue weighted by Crippen LogP contribution is 2.18. The Morgan fingerprint density at radius 1 is 1.25 bits per heavy atom. The van der Waals surface area contributed by atoms with Gasteiger partial charge < -0.3 is 0 Å². The van der Waals surface area contributed by atoms with Crippen LogP contribution in [0.4, 0.5) is 0 Å². The molecule has 1 aromatic carbocycles. The van der Waals surface area contributed by atoms with Gasteiger partial charge in [0.2, 0.25) is 0 Å². The molecule has 0 radical (unpaired) electrons. The monoisotopic (exact) mass is 276 g/mol. The van der Waals surface area contributed by atoms with Crippen molar-refractivity contribution in [1.82, 2.24) is 0 Å². The number of carbonyl (C=O) groups is 1. The van der Waals surface area contributed by atoms with Crippen molar-refractivity contribution in [3.8, 4) is 0 Å². The summed E-state index contributed by atoms with van der Waals surface area (Å²) in [6, 6.07) is 7.67. The fourth-order valence-corrected chi connectivity index (χ4v) is 1.54. The average molecular weight is 277 g/mol. The topological polar surface area (TPSA) is 17.1 Å². The number of carbonyl (C=O) groups excluding carboxylic acids is 1. The van der Waals surface area contributed by atoms with Gasteiger partial charge in [-0.15, -0.1) is 0 Å². The average Bonchev–Trinajstić information content (AvgIpc) is 2.26. The number of rotatable bonds is 4. The minimum Gasteiger partial charge on any atom is -0.294 e. The Labute approximate surface area is 104 Å². The molecule has 1 nitrogen and oxygen atoms in total. The molecule has 0 saturated heterocycles. The van der Waals surface area contributed by atoms with Crippen molar-refractivity contribution in [1.29, 1.82) is 0 Å². The molecule has 0 bridgehead atoms. The lowest BCUT2D eigenvalue weighted by molar-refractivity contribution is -0.111. The predicted molar refractivity (Wildman–Crippen MR) is 72.1 cm³/mol. The van der Waals surface area contributed by atoms with E-state index in [0.29, 0.717) is 5.57 Å². The van der Waals surface area contributed by atoms with Crippen LogP contribution in [-0.4, -0.2) is 5.78 Å². The van der Waals surface area contributed by atoms with Crippen LogP contribution < -0.4 is 0 Å². The maximum Gasteiger partial charge on any atom is 0.160 e. The summed E-state index contributed by atoms with van der Waals surface area (Å²) in [6.45, 7) is 5.14. The van der Waals surface area contributed by atoms with Crippen molar-refractivity contribution in [2.24, 2.45) is 0 Å². The Morgan fingerprint density at radius 3 is 2.38 bits per heavy atom. The molecule has 0 spiro atoms. The fourth-order valence-electron chi connectivity index (χ4n) is 1.28. The number of halogens is 1. The smallest absolute Gasteiger partial charge is 0.160 e. The van der Waals surface area contributed by atoms with E-state index in [4.69, 9.17) is 0 Å². The van der Waals surface area contributed by atoms with Crippen LogP contribution in [0.3, 0.4) is 0 Å². The van der Waals surface area contributed by atoms with E-state index < -0.39 is 0 Å². The van der Waals surface area contributed by atoms with Crippen LogP contribution in [0.5, 0.6) is 0 Å². The lowest BCUT2D eigenvalue weighted by atomic mass is 10.0. The number of benzene rings is 1. The molecule has 1 aromatic rings. The largest absolute Gasteiger partial charge is 0.294 e. The molecule has 16 heavy (non-hydrogen) atoms. The summed E-state index contributed by atoms with van der Waals surface area (Å²) in [4.78, 5) is 11.5. The van der Waals surface area contributed by atoms with Crippen LogP contribution in [-0.2, 0) is 4.79 Å². The van der Waals surface area contributed by atoms with Gasteiger partial charge in [0.05, 0.1) is 0 Å². The van der Waals surface area contributed by atoms with Gasteiger partial charge in [-0.25, -0.2) is 0 Å². The first kappa shape index (κ1) is 12.7. The van der Waals surface area contributed by atoms with Gasteiger partial charge in [-0.2, -0.15) is 0 Å². The SMILES string of the molecule is C=CC=CC=C(C(C)=O)c1ccc(Br)cc1. The predicted octanol–water partition coefficient (Wildman–Crippen LogP) is 4.16. The molecule has 0 aromatic heterocycles. The number of allylic oxidation sites excluding steroid dienone is 5. The fraction of sp³-hybridized carbons (Fsp3) is 0.0714. The Bertz CT molecular complexity index is 438. The van der Waals surface area contributed by atoms with Gasteiger partial charge in [-0.3, -0.25) is 4.79 Å². The van der Waals surface area contributed by atoms with Gasteiger partial charge in [0.1, 0.15) is 0 Å². The highest BCUT2D eigenvalue weighted by atomic mass is 79.9. The Balaban J connectivity index is 3.07. The molecule has 0 N–H and O–H groups in total. The Morgan fingerprint density at radius 2 is 1.88 bits per heavy atom. The molecule has 1 rings (SSSR count). The number of hydrogen-bond acceptors (Lipinski definition) is 1. The van der Waals surface area contributed by atoms with E-state index in [9.17, 15) is 4.79 Å². The number of ketones is 1. The molecule has 0 fully saturated rings. The van der Waals surface area contributed by atoms with Crippen LogP contribution >= 0.6 is 15.9 Å². The normalized spacial score (nSPS) is 11.8. The van der Waals surface area contributed by atoms with Gasteiger partial charge >= 0.3 is 0 Å². The van der Waals surface area contributed by atoms with Gasteiger partial charge in [0.25, 0.3) is 0 Å². The second-order valence-corrected chi connectivity index (χ2v) is 4.18. The number of Topliss-reactive ketones (excluding diaryl/α,β-unsaturated/α-hetero) is 1. The molecule has 0 saturated carbocycles. The second kappa shape index (κ2) is 6.23. The lowest BCUT2D eigenvalue weighted by Crippen LogP contribution is -1.95. The highest BCUT2D eigenvalue weighted by Gasteiger charge is 2.05. The first-order chi connectivity index (χ1) is 7.65. The van der Waals surface area contributed by atoms with E-state index >= 15 is 0 Å². The summed E-state index contributed by atoms with van der Waals surface area (Å²) in [6.07, 6.45) is 7.08. The molecule has 0 amide bonds. The minimum absolute atomic E-state index is 0.0519. The third kappa shape index (κ3) is 3.63. The molecule has 0 unspecified atom stereocenters. The zero-order valence-corrected chi connectivity index (χ0v) is 10.7. The second-order valence-electron chi connectivity index (χ2n) is 3.26. The van der Waals surface area contributed by atoms with E-state index in [2.05, 4.69) is 22.5 Å². The van der Waals surface area contributed by atoms with Crippen LogP contribution in [0, 0.1) is 0 Å². The summed E-state index contributed by atoms with van der Waals surface area (Å²) in [5, 5.41) is 0. The van der Waals surface area contributed by atoms with Crippen molar-refractivity contribution in [3.05, 3.63) is 65.2 Å². The summed E-state index contributed by atoms with van der Waals surface area (Å²) in [5.41, 5.74) is 1.62. The summed E-state index contributed by atoms with van der Waals surface area (Å²) in [5.74, 6) is 0.0519. The lowest BCUT2D eigenvalue weighted by Gasteiger charge is -2.02. The van der Waals surface area contributed by atoms with Crippen molar-refractivity contribution in [2.45, 2.75) is 6.92 Å². The van der Waals surface area contributed by atoms with Gasteiger partial charge in [-0.1, -0.05) is 58.9 Å². The van der Waals surface area contributed by atoms with E-state index in [0.717, 1.165) is 10.0 Å². The van der Waals surface area contributed by atoms with Crippen LogP contribution in [0.25, 0.3) is 5.57 Å². The van der Waals surface area contributed by atoms with E-state index in [1.54, 1.807) is 25.2 Å². The van der Waals surface area contributed by atoms with Crippen molar-refractivity contribution in [3.63, 3.8) is 0 Å². The van der Waals surface area contributed by atoms with Crippen molar-refractivity contribution < 1.29 is 4.79 Å². The first-order valence-electron chi connectivity index (χ1n) is 4.91. The first-order valence-corrected chi connectivity index (χ1v) is 5.70. The minimum atomic E-state index is 0.0519. The summed E-state index contributed by atoms with van der Waals surface area (Å²) >= 11 is 3.36. The zero-order valence-electron chi connectivity index (χ0n) is 9.11. The molecular formula is C14H13BrO. The van der Waals surface area contributed by atoms with Crippen LogP contribution in [0.2, 0.25) is 0 Å². The van der Waals surface area contributed by atoms with Gasteiger partial charge in [0.15, 0.2) is 5.78 Å². The van der Waals surface area contributed by atoms with Gasteiger partial charge in [0, 0.05) is 10.0 Å². The maximum atomic E-state index is 11.5. The molecule has 0 aliphatic rings. The highest BCUT2D eigenvalue weighted by molar-refractivity contribution is 9.10. The number of hydrogen-bond donors (Lipinski definition) is 0. The summed E-state index contributed by atoms with van der Waals surface area (Å²) < 4.78 is 1.00. The van der Waals surface area contributed by atoms with Crippen molar-refractivity contribution in [2.75, 3.05) is 0 Å². The van der Waals surface area contributed by atoms with E-state index in [1.807, 2.05) is 30.3 Å². The molecule has 82 valence electrons. The quantitative estimate of drug-likeness (QED) is 0.596.